The zero-order valence-corrected chi connectivity index (χ0v) is 16.0. The van der Waals surface area contributed by atoms with Gasteiger partial charge in [-0.25, -0.2) is 16.8 Å². The second-order valence-corrected chi connectivity index (χ2v) is 10.5. The first kappa shape index (κ1) is 18.6. The quantitative estimate of drug-likeness (QED) is 0.745. The molecular formula is C11H9Cl3N2O4S3. The molecule has 0 atom stereocenters. The van der Waals surface area contributed by atoms with Crippen molar-refractivity contribution >= 4 is 77.6 Å². The SMILES string of the molecule is CS(=O)(=O)Nc1ccc(NS(=O)(=O)c2cc(Cl)sc2Cl)cc1Cl. The van der Waals surface area contributed by atoms with E-state index in [1.54, 1.807) is 0 Å². The van der Waals surface area contributed by atoms with Crippen LogP contribution in [0.2, 0.25) is 13.7 Å². The molecule has 2 aromatic rings. The molecule has 6 nitrogen and oxygen atoms in total. The van der Waals surface area contributed by atoms with Crippen molar-refractivity contribution in [2.24, 2.45) is 0 Å². The summed E-state index contributed by atoms with van der Waals surface area (Å²) >= 11 is 18.4. The third kappa shape index (κ3) is 4.88. The second kappa shape index (κ2) is 6.66. The van der Waals surface area contributed by atoms with Gasteiger partial charge in [0.2, 0.25) is 10.0 Å². The van der Waals surface area contributed by atoms with Gasteiger partial charge in [0, 0.05) is 0 Å². The van der Waals surface area contributed by atoms with Crippen molar-refractivity contribution in [3.63, 3.8) is 0 Å². The van der Waals surface area contributed by atoms with Crippen LogP contribution in [0.3, 0.4) is 0 Å². The number of benzene rings is 1. The van der Waals surface area contributed by atoms with Gasteiger partial charge in [0.1, 0.15) is 9.23 Å². The summed E-state index contributed by atoms with van der Waals surface area (Å²) in [6.45, 7) is 0. The Morgan fingerprint density at radius 3 is 2.13 bits per heavy atom. The van der Waals surface area contributed by atoms with Gasteiger partial charge in [-0.2, -0.15) is 0 Å². The highest BCUT2D eigenvalue weighted by Gasteiger charge is 2.21. The molecule has 0 aliphatic rings. The Kier molecular flexibility index (Phi) is 5.39. The number of hydrogen-bond donors (Lipinski definition) is 2. The molecule has 0 radical (unpaired) electrons. The minimum atomic E-state index is -3.94. The first-order valence-electron chi connectivity index (χ1n) is 5.73. The molecular weight excluding hydrogens is 427 g/mol. The molecule has 2 rings (SSSR count). The number of rotatable bonds is 5. The Morgan fingerprint density at radius 2 is 1.65 bits per heavy atom. The number of nitrogens with one attached hydrogen (secondary N) is 2. The van der Waals surface area contributed by atoms with Crippen LogP contribution in [-0.2, 0) is 20.0 Å². The van der Waals surface area contributed by atoms with E-state index >= 15 is 0 Å². The maximum Gasteiger partial charge on any atom is 0.264 e. The van der Waals surface area contributed by atoms with Crippen LogP contribution in [-0.4, -0.2) is 23.1 Å². The molecule has 0 amide bonds. The van der Waals surface area contributed by atoms with Crippen LogP contribution < -0.4 is 9.44 Å². The van der Waals surface area contributed by atoms with Crippen molar-refractivity contribution in [2.45, 2.75) is 4.90 Å². The number of hydrogen-bond acceptors (Lipinski definition) is 5. The topological polar surface area (TPSA) is 92.3 Å². The standard InChI is InChI=1S/C11H9Cl3N2O4S3/c1-22(17,18)16-8-3-2-6(4-7(8)12)15-23(19,20)9-5-10(13)21-11(9)14/h2-5,15-16H,1H3. The van der Waals surface area contributed by atoms with Crippen molar-refractivity contribution in [2.75, 3.05) is 15.7 Å². The van der Waals surface area contributed by atoms with Crippen molar-refractivity contribution in [1.82, 2.24) is 0 Å². The van der Waals surface area contributed by atoms with Crippen molar-refractivity contribution < 1.29 is 16.8 Å². The summed E-state index contributed by atoms with van der Waals surface area (Å²) in [6.07, 6.45) is 0.974. The van der Waals surface area contributed by atoms with E-state index in [-0.39, 0.29) is 30.0 Å². The highest BCUT2D eigenvalue weighted by molar-refractivity contribution is 7.93. The van der Waals surface area contributed by atoms with E-state index in [1.807, 2.05) is 0 Å². The molecule has 12 heteroatoms. The maximum absolute atomic E-state index is 12.3. The summed E-state index contributed by atoms with van der Waals surface area (Å²) in [6, 6.07) is 5.20. The van der Waals surface area contributed by atoms with Gasteiger partial charge >= 0.3 is 0 Å². The van der Waals surface area contributed by atoms with Gasteiger partial charge in [-0.3, -0.25) is 9.44 Å². The molecule has 0 unspecified atom stereocenters. The summed E-state index contributed by atoms with van der Waals surface area (Å²) in [7, 11) is -7.44. The van der Waals surface area contributed by atoms with Crippen LogP contribution >= 0.6 is 46.1 Å². The highest BCUT2D eigenvalue weighted by Crippen LogP contribution is 2.35. The average Bonchev–Trinajstić information content (AvgIpc) is 2.71. The summed E-state index contributed by atoms with van der Waals surface area (Å²) in [4.78, 5) is -0.149. The molecule has 1 aromatic heterocycles. The molecule has 0 saturated heterocycles. The van der Waals surface area contributed by atoms with Crippen LogP contribution in [0.25, 0.3) is 0 Å². The lowest BCUT2D eigenvalue weighted by molar-refractivity contribution is 0.601. The van der Waals surface area contributed by atoms with E-state index in [9.17, 15) is 16.8 Å². The lowest BCUT2D eigenvalue weighted by Crippen LogP contribution is -2.13. The molecule has 0 saturated carbocycles. The van der Waals surface area contributed by atoms with Gasteiger partial charge in [-0.15, -0.1) is 11.3 Å². The Morgan fingerprint density at radius 1 is 1.00 bits per heavy atom. The third-order valence-corrected chi connectivity index (χ3v) is 6.47. The zero-order valence-electron chi connectivity index (χ0n) is 11.3. The largest absolute Gasteiger partial charge is 0.282 e. The number of sulfonamides is 2. The van der Waals surface area contributed by atoms with Gasteiger partial charge in [0.05, 0.1) is 27.0 Å². The molecule has 0 spiro atoms. The molecule has 1 aromatic carbocycles. The van der Waals surface area contributed by atoms with Gasteiger partial charge in [-0.05, 0) is 24.3 Å². The van der Waals surface area contributed by atoms with E-state index < -0.39 is 20.0 Å². The minimum Gasteiger partial charge on any atom is -0.282 e. The van der Waals surface area contributed by atoms with E-state index in [2.05, 4.69) is 9.44 Å². The predicted octanol–water partition coefficient (Wildman–Crippen LogP) is 3.88. The maximum atomic E-state index is 12.3. The monoisotopic (exact) mass is 434 g/mol. The summed E-state index contributed by atoms with van der Waals surface area (Å²) in [5.41, 5.74) is 0.279. The highest BCUT2D eigenvalue weighted by atomic mass is 35.5. The number of anilines is 2. The molecule has 23 heavy (non-hydrogen) atoms. The smallest absolute Gasteiger partial charge is 0.264 e. The van der Waals surface area contributed by atoms with Gasteiger partial charge in [0.25, 0.3) is 10.0 Å². The molecule has 0 fully saturated rings. The van der Waals surface area contributed by atoms with Crippen LogP contribution in [0.5, 0.6) is 0 Å². The van der Waals surface area contributed by atoms with E-state index in [0.717, 1.165) is 17.6 Å². The predicted molar refractivity (Wildman–Crippen MR) is 95.1 cm³/mol. The minimum absolute atomic E-state index is 0.0314. The van der Waals surface area contributed by atoms with E-state index in [4.69, 9.17) is 34.8 Å². The molecule has 126 valence electrons. The fraction of sp³-hybridized carbons (Fsp3) is 0.0909. The van der Waals surface area contributed by atoms with Crippen LogP contribution in [0.15, 0.2) is 29.2 Å². The van der Waals surface area contributed by atoms with Gasteiger partial charge in [0.15, 0.2) is 0 Å². The van der Waals surface area contributed by atoms with E-state index in [1.165, 1.54) is 24.3 Å². The van der Waals surface area contributed by atoms with Crippen LogP contribution in [0.4, 0.5) is 11.4 Å². The molecule has 2 N–H and O–H groups in total. The van der Waals surface area contributed by atoms with Gasteiger partial charge < -0.3 is 0 Å². The van der Waals surface area contributed by atoms with Crippen LogP contribution in [0, 0.1) is 0 Å². The second-order valence-electron chi connectivity index (χ2n) is 4.36. The van der Waals surface area contributed by atoms with Crippen molar-refractivity contribution in [3.05, 3.63) is 38.0 Å². The fourth-order valence-corrected chi connectivity index (χ4v) is 5.64. The first-order chi connectivity index (χ1) is 10.5. The Balaban J connectivity index is 2.30. The Bertz CT molecular complexity index is 955. The molecule has 0 aliphatic heterocycles. The Labute approximate surface area is 152 Å². The zero-order chi connectivity index (χ0) is 17.4. The first-order valence-corrected chi connectivity index (χ1v) is 11.1. The lowest BCUT2D eigenvalue weighted by Gasteiger charge is -2.10. The molecule has 0 bridgehead atoms. The summed E-state index contributed by atoms with van der Waals surface area (Å²) < 4.78 is 51.7. The number of halogens is 3. The lowest BCUT2D eigenvalue weighted by atomic mass is 10.3. The average molecular weight is 436 g/mol. The third-order valence-electron chi connectivity index (χ3n) is 2.43. The fourth-order valence-electron chi connectivity index (χ4n) is 1.58. The van der Waals surface area contributed by atoms with Crippen LogP contribution in [0.1, 0.15) is 0 Å². The van der Waals surface area contributed by atoms with Crippen molar-refractivity contribution in [1.29, 1.82) is 0 Å². The summed E-state index contributed by atoms with van der Waals surface area (Å²) in [5.74, 6) is 0. The normalized spacial score (nSPS) is 12.2. The van der Waals surface area contributed by atoms with Gasteiger partial charge in [-0.1, -0.05) is 34.8 Å². The summed E-state index contributed by atoms with van der Waals surface area (Å²) in [5, 5.41) is 0.0325. The molecule has 1 heterocycles. The van der Waals surface area contributed by atoms with E-state index in [0.29, 0.717) is 0 Å². The number of thiophene rings is 1. The van der Waals surface area contributed by atoms with Crippen molar-refractivity contribution in [3.8, 4) is 0 Å². The Hall–Kier alpha value is -0.710. The molecule has 0 aliphatic carbocycles.